The maximum Gasteiger partial charge on any atom is 0.0241 e. The summed E-state index contributed by atoms with van der Waals surface area (Å²) in [5, 5.41) is 0. The molecule has 0 bridgehead atoms. The summed E-state index contributed by atoms with van der Waals surface area (Å²) in [5.41, 5.74) is 3.15. The van der Waals surface area contributed by atoms with Crippen molar-refractivity contribution in [3.8, 4) is 0 Å². The number of nitrogens with one attached hydrogen (secondary N) is 1. The molecule has 0 radical (unpaired) electrons. The van der Waals surface area contributed by atoms with Crippen molar-refractivity contribution in [2.24, 2.45) is 17.7 Å². The van der Waals surface area contributed by atoms with Gasteiger partial charge in [0.2, 0.25) is 0 Å². The molecule has 2 nitrogen and oxygen atoms in total. The maximum absolute atomic E-state index is 5.82. The van der Waals surface area contributed by atoms with Crippen molar-refractivity contribution in [2.75, 3.05) is 0 Å². The maximum atomic E-state index is 5.82. The lowest BCUT2D eigenvalue weighted by molar-refractivity contribution is 0.248. The minimum atomic E-state index is 0.594. The first kappa shape index (κ1) is 13.4. The van der Waals surface area contributed by atoms with E-state index in [0.29, 0.717) is 6.04 Å². The van der Waals surface area contributed by atoms with Crippen LogP contribution in [-0.4, -0.2) is 6.04 Å². The van der Waals surface area contributed by atoms with Gasteiger partial charge in [-0.05, 0) is 31.1 Å². The molecule has 0 aliphatic heterocycles. The molecule has 2 fully saturated rings. The van der Waals surface area contributed by atoms with Gasteiger partial charge in [0.1, 0.15) is 0 Å². The second-order valence-corrected chi connectivity index (χ2v) is 6.26. The van der Waals surface area contributed by atoms with Crippen LogP contribution in [0.5, 0.6) is 0 Å². The third kappa shape index (κ3) is 4.26. The average Bonchev–Trinajstić information content (AvgIpc) is 2.79. The van der Waals surface area contributed by atoms with Gasteiger partial charge in [0, 0.05) is 6.04 Å². The Morgan fingerprint density at radius 3 is 1.94 bits per heavy atom. The van der Waals surface area contributed by atoms with Crippen LogP contribution in [0, 0.1) is 11.8 Å². The van der Waals surface area contributed by atoms with E-state index in [-0.39, 0.29) is 0 Å². The molecule has 2 heteroatoms. The van der Waals surface area contributed by atoms with Crippen molar-refractivity contribution in [3.63, 3.8) is 0 Å². The van der Waals surface area contributed by atoms with Crippen molar-refractivity contribution in [2.45, 2.75) is 83.1 Å². The van der Waals surface area contributed by atoms with Gasteiger partial charge >= 0.3 is 0 Å². The summed E-state index contributed by atoms with van der Waals surface area (Å²) >= 11 is 0. The van der Waals surface area contributed by atoms with Crippen molar-refractivity contribution < 1.29 is 0 Å². The van der Waals surface area contributed by atoms with Gasteiger partial charge in [-0.2, -0.15) is 0 Å². The van der Waals surface area contributed by atoms with Crippen LogP contribution in [0.4, 0.5) is 0 Å². The molecule has 0 aromatic heterocycles. The van der Waals surface area contributed by atoms with E-state index in [2.05, 4.69) is 5.43 Å². The van der Waals surface area contributed by atoms with Crippen LogP contribution in [0.25, 0.3) is 0 Å². The van der Waals surface area contributed by atoms with Crippen LogP contribution in [0.15, 0.2) is 0 Å². The molecule has 17 heavy (non-hydrogen) atoms. The quantitative estimate of drug-likeness (QED) is 0.578. The summed E-state index contributed by atoms with van der Waals surface area (Å²) in [6, 6.07) is 0.594. The highest BCUT2D eigenvalue weighted by molar-refractivity contribution is 4.80. The van der Waals surface area contributed by atoms with E-state index in [1.165, 1.54) is 77.0 Å². The number of rotatable bonds is 4. The summed E-state index contributed by atoms with van der Waals surface area (Å²) in [6.45, 7) is 0. The monoisotopic (exact) mass is 238 g/mol. The first-order chi connectivity index (χ1) is 8.40. The van der Waals surface area contributed by atoms with E-state index in [0.717, 1.165) is 11.8 Å². The van der Waals surface area contributed by atoms with E-state index in [9.17, 15) is 0 Å². The van der Waals surface area contributed by atoms with Crippen molar-refractivity contribution in [1.29, 1.82) is 0 Å². The largest absolute Gasteiger partial charge is 0.271 e. The average molecular weight is 238 g/mol. The van der Waals surface area contributed by atoms with E-state index >= 15 is 0 Å². The van der Waals surface area contributed by atoms with Crippen LogP contribution in [-0.2, 0) is 0 Å². The van der Waals surface area contributed by atoms with Gasteiger partial charge < -0.3 is 0 Å². The summed E-state index contributed by atoms with van der Waals surface area (Å²) in [7, 11) is 0. The molecular formula is C15H30N2. The first-order valence-electron chi connectivity index (χ1n) is 7.86. The Labute approximate surface area is 107 Å². The fraction of sp³-hybridized carbons (Fsp3) is 1.00. The lowest BCUT2D eigenvalue weighted by Crippen LogP contribution is -2.42. The topological polar surface area (TPSA) is 38.0 Å². The van der Waals surface area contributed by atoms with Gasteiger partial charge in [0.15, 0.2) is 0 Å². The number of nitrogens with two attached hydrogens (primary N) is 1. The van der Waals surface area contributed by atoms with Gasteiger partial charge in [0.25, 0.3) is 0 Å². The normalized spacial score (nSPS) is 26.6. The first-order valence-corrected chi connectivity index (χ1v) is 7.86. The zero-order valence-corrected chi connectivity index (χ0v) is 11.3. The Morgan fingerprint density at radius 1 is 0.824 bits per heavy atom. The summed E-state index contributed by atoms with van der Waals surface area (Å²) in [5.74, 6) is 7.63. The standard InChI is InChI=1S/C15H30N2/c16-17-15(12-13-8-6-7-9-13)14-10-4-2-1-3-5-11-14/h13-15,17H,1-12,16H2. The molecule has 2 aliphatic carbocycles. The second-order valence-electron chi connectivity index (χ2n) is 6.26. The predicted octanol–water partition coefficient (Wildman–Crippen LogP) is 3.76. The van der Waals surface area contributed by atoms with Gasteiger partial charge in [-0.25, -0.2) is 0 Å². The molecule has 2 rings (SSSR count). The van der Waals surface area contributed by atoms with Crippen LogP contribution in [0.2, 0.25) is 0 Å². The third-order valence-corrected chi connectivity index (χ3v) is 4.99. The van der Waals surface area contributed by atoms with Gasteiger partial charge in [-0.3, -0.25) is 11.3 Å². The molecule has 1 atom stereocenters. The number of hydrogen-bond donors (Lipinski definition) is 2. The minimum absolute atomic E-state index is 0.594. The van der Waals surface area contributed by atoms with E-state index < -0.39 is 0 Å². The zero-order chi connectivity index (χ0) is 11.9. The SMILES string of the molecule is NNC(CC1CCCC1)C1CCCCCCC1. The highest BCUT2D eigenvalue weighted by atomic mass is 15.2. The lowest BCUT2D eigenvalue weighted by Gasteiger charge is -2.30. The summed E-state index contributed by atoms with van der Waals surface area (Å²) in [4.78, 5) is 0. The molecule has 0 aromatic carbocycles. The Morgan fingerprint density at radius 2 is 1.35 bits per heavy atom. The van der Waals surface area contributed by atoms with Gasteiger partial charge in [-0.15, -0.1) is 0 Å². The molecule has 0 heterocycles. The number of hydrazine groups is 1. The van der Waals surface area contributed by atoms with E-state index in [4.69, 9.17) is 5.84 Å². The molecule has 0 aromatic rings. The van der Waals surface area contributed by atoms with Crippen LogP contribution in [0.1, 0.15) is 77.0 Å². The lowest BCUT2D eigenvalue weighted by atomic mass is 9.82. The van der Waals surface area contributed by atoms with Gasteiger partial charge in [-0.1, -0.05) is 57.8 Å². The van der Waals surface area contributed by atoms with Crippen LogP contribution < -0.4 is 11.3 Å². The Balaban J connectivity index is 1.81. The second kappa shape index (κ2) is 7.38. The highest BCUT2D eigenvalue weighted by Gasteiger charge is 2.25. The smallest absolute Gasteiger partial charge is 0.0241 e. The number of hydrogen-bond acceptors (Lipinski definition) is 2. The van der Waals surface area contributed by atoms with Crippen molar-refractivity contribution in [3.05, 3.63) is 0 Å². The van der Waals surface area contributed by atoms with Crippen molar-refractivity contribution >= 4 is 0 Å². The fourth-order valence-electron chi connectivity index (χ4n) is 3.89. The summed E-state index contributed by atoms with van der Waals surface area (Å²) < 4.78 is 0. The van der Waals surface area contributed by atoms with Crippen molar-refractivity contribution in [1.82, 2.24) is 5.43 Å². The van der Waals surface area contributed by atoms with Crippen LogP contribution in [0.3, 0.4) is 0 Å². The Bertz CT molecular complexity index is 191. The Kier molecular flexibility index (Phi) is 5.79. The van der Waals surface area contributed by atoms with E-state index in [1.54, 1.807) is 0 Å². The molecule has 2 aliphatic rings. The fourth-order valence-corrected chi connectivity index (χ4v) is 3.89. The van der Waals surface area contributed by atoms with E-state index in [1.807, 2.05) is 0 Å². The molecular weight excluding hydrogens is 208 g/mol. The zero-order valence-electron chi connectivity index (χ0n) is 11.3. The predicted molar refractivity (Wildman–Crippen MR) is 73.5 cm³/mol. The highest BCUT2D eigenvalue weighted by Crippen LogP contribution is 2.33. The third-order valence-electron chi connectivity index (χ3n) is 4.99. The molecule has 3 N–H and O–H groups in total. The summed E-state index contributed by atoms with van der Waals surface area (Å²) in [6.07, 6.45) is 17.1. The van der Waals surface area contributed by atoms with Gasteiger partial charge in [0.05, 0.1) is 0 Å². The Hall–Kier alpha value is -0.0800. The molecule has 1 unspecified atom stereocenters. The minimum Gasteiger partial charge on any atom is -0.271 e. The molecule has 0 amide bonds. The molecule has 100 valence electrons. The molecule has 0 spiro atoms. The molecule has 0 saturated heterocycles. The van der Waals surface area contributed by atoms with Crippen LogP contribution >= 0.6 is 0 Å². The molecule has 2 saturated carbocycles.